The van der Waals surface area contributed by atoms with Crippen molar-refractivity contribution in [2.45, 2.75) is 39.2 Å². The van der Waals surface area contributed by atoms with E-state index in [1.54, 1.807) is 20.3 Å². The lowest BCUT2D eigenvalue weighted by Crippen LogP contribution is -2.32. The van der Waals surface area contributed by atoms with Crippen LogP contribution in [-0.4, -0.2) is 26.2 Å². The van der Waals surface area contributed by atoms with Crippen LogP contribution in [0.2, 0.25) is 0 Å². The minimum atomic E-state index is -0.440. The predicted octanol–water partition coefficient (Wildman–Crippen LogP) is 4.44. The van der Waals surface area contributed by atoms with Gasteiger partial charge in [-0.1, -0.05) is 32.9 Å². The fraction of sp³-hybridized carbons (Fsp3) is 0.381. The number of rotatable bonds is 6. The van der Waals surface area contributed by atoms with Crippen LogP contribution in [0.4, 0.5) is 11.4 Å². The van der Waals surface area contributed by atoms with Gasteiger partial charge in [0, 0.05) is 11.8 Å². The zero-order chi connectivity index (χ0) is 19.3. The second kappa shape index (κ2) is 8.13. The molecule has 26 heavy (non-hydrogen) atoms. The molecule has 5 heteroatoms. The Bertz CT molecular complexity index is 766. The molecule has 1 amide bonds. The summed E-state index contributed by atoms with van der Waals surface area (Å²) in [6, 6.07) is 12.8. The van der Waals surface area contributed by atoms with Gasteiger partial charge in [-0.3, -0.25) is 4.79 Å². The van der Waals surface area contributed by atoms with Crippen molar-refractivity contribution < 1.29 is 14.3 Å². The van der Waals surface area contributed by atoms with Crippen molar-refractivity contribution in [1.29, 1.82) is 0 Å². The van der Waals surface area contributed by atoms with Gasteiger partial charge < -0.3 is 20.1 Å². The molecule has 0 aliphatic carbocycles. The van der Waals surface area contributed by atoms with Gasteiger partial charge in [-0.05, 0) is 42.2 Å². The van der Waals surface area contributed by atoms with Gasteiger partial charge in [-0.15, -0.1) is 0 Å². The molecule has 1 atom stereocenters. The van der Waals surface area contributed by atoms with E-state index >= 15 is 0 Å². The molecule has 0 saturated heterocycles. The van der Waals surface area contributed by atoms with E-state index in [0.717, 1.165) is 5.69 Å². The highest BCUT2D eigenvalue weighted by Gasteiger charge is 2.19. The second-order valence-corrected chi connectivity index (χ2v) is 7.25. The topological polar surface area (TPSA) is 59.6 Å². The summed E-state index contributed by atoms with van der Waals surface area (Å²) in [5.74, 6) is 1.27. The molecule has 0 aliphatic rings. The third-order valence-corrected chi connectivity index (χ3v) is 4.17. The van der Waals surface area contributed by atoms with Crippen molar-refractivity contribution in [3.05, 3.63) is 48.0 Å². The lowest BCUT2D eigenvalue weighted by Gasteiger charge is -2.23. The molecule has 0 heterocycles. The molecule has 0 unspecified atom stereocenters. The molecule has 5 nitrogen and oxygen atoms in total. The first-order valence-corrected chi connectivity index (χ1v) is 8.64. The SMILES string of the molecule is COc1cccc(NC(=O)[C@H](C)Nc2cc(C(C)(C)C)ccc2OC)c1. The summed E-state index contributed by atoms with van der Waals surface area (Å²) in [6.45, 7) is 8.27. The highest BCUT2D eigenvalue weighted by molar-refractivity contribution is 5.96. The molecule has 0 fully saturated rings. The Morgan fingerprint density at radius 1 is 1.04 bits per heavy atom. The molecule has 0 aromatic heterocycles. The first-order valence-electron chi connectivity index (χ1n) is 8.64. The van der Waals surface area contributed by atoms with Gasteiger partial charge in [0.1, 0.15) is 17.5 Å². The molecule has 0 bridgehead atoms. The summed E-state index contributed by atoms with van der Waals surface area (Å²) in [5, 5.41) is 6.15. The van der Waals surface area contributed by atoms with Crippen LogP contribution >= 0.6 is 0 Å². The van der Waals surface area contributed by atoms with E-state index in [0.29, 0.717) is 17.2 Å². The monoisotopic (exact) mass is 356 g/mol. The van der Waals surface area contributed by atoms with Crippen molar-refractivity contribution in [2.75, 3.05) is 24.9 Å². The van der Waals surface area contributed by atoms with Gasteiger partial charge in [0.25, 0.3) is 0 Å². The van der Waals surface area contributed by atoms with Gasteiger partial charge >= 0.3 is 0 Å². The molecular formula is C21H28N2O3. The standard InChI is InChI=1S/C21H28N2O3/c1-14(20(24)23-16-8-7-9-17(13-16)25-5)22-18-12-15(21(2,3)4)10-11-19(18)26-6/h7-14,22H,1-6H3,(H,23,24)/t14-/m0/s1. The quantitative estimate of drug-likeness (QED) is 0.803. The van der Waals surface area contributed by atoms with Gasteiger partial charge in [-0.25, -0.2) is 0 Å². The Balaban J connectivity index is 2.15. The molecule has 0 saturated carbocycles. The van der Waals surface area contributed by atoms with E-state index in [1.165, 1.54) is 5.56 Å². The van der Waals surface area contributed by atoms with Crippen LogP contribution in [0.15, 0.2) is 42.5 Å². The zero-order valence-electron chi connectivity index (χ0n) is 16.3. The Hall–Kier alpha value is -2.69. The predicted molar refractivity (Wildman–Crippen MR) is 106 cm³/mol. The maximum atomic E-state index is 12.5. The molecule has 0 spiro atoms. The smallest absolute Gasteiger partial charge is 0.246 e. The molecule has 0 radical (unpaired) electrons. The number of carbonyl (C=O) groups is 1. The molecule has 2 N–H and O–H groups in total. The minimum absolute atomic E-state index is 0.00872. The minimum Gasteiger partial charge on any atom is -0.497 e. The summed E-state index contributed by atoms with van der Waals surface area (Å²) in [4.78, 5) is 12.5. The highest BCUT2D eigenvalue weighted by Crippen LogP contribution is 2.32. The van der Waals surface area contributed by atoms with Crippen LogP contribution in [-0.2, 0) is 10.2 Å². The van der Waals surface area contributed by atoms with Crippen molar-refractivity contribution >= 4 is 17.3 Å². The van der Waals surface area contributed by atoms with Crippen molar-refractivity contribution in [3.63, 3.8) is 0 Å². The van der Waals surface area contributed by atoms with Gasteiger partial charge in [0.05, 0.1) is 19.9 Å². The van der Waals surface area contributed by atoms with Crippen LogP contribution < -0.4 is 20.1 Å². The Labute approximate surface area is 155 Å². The van der Waals surface area contributed by atoms with Gasteiger partial charge in [0.15, 0.2) is 0 Å². The lowest BCUT2D eigenvalue weighted by molar-refractivity contribution is -0.116. The van der Waals surface area contributed by atoms with E-state index in [4.69, 9.17) is 9.47 Å². The Kier molecular flexibility index (Phi) is 6.14. The second-order valence-electron chi connectivity index (χ2n) is 7.25. The lowest BCUT2D eigenvalue weighted by atomic mass is 9.86. The van der Waals surface area contributed by atoms with Crippen molar-refractivity contribution in [1.82, 2.24) is 0 Å². The highest BCUT2D eigenvalue weighted by atomic mass is 16.5. The average Bonchev–Trinajstić information content (AvgIpc) is 2.61. The zero-order valence-corrected chi connectivity index (χ0v) is 16.3. The first-order chi connectivity index (χ1) is 12.2. The molecule has 2 aromatic rings. The van der Waals surface area contributed by atoms with E-state index in [1.807, 2.05) is 43.3 Å². The van der Waals surface area contributed by atoms with E-state index in [9.17, 15) is 4.79 Å². The van der Waals surface area contributed by atoms with Crippen LogP contribution in [0.1, 0.15) is 33.3 Å². The van der Waals surface area contributed by atoms with Crippen LogP contribution in [0.5, 0.6) is 11.5 Å². The molecule has 2 rings (SSSR count). The normalized spacial score (nSPS) is 12.2. The Morgan fingerprint density at radius 3 is 2.38 bits per heavy atom. The van der Waals surface area contributed by atoms with Crippen LogP contribution in [0.3, 0.4) is 0 Å². The summed E-state index contributed by atoms with van der Waals surface area (Å²) < 4.78 is 10.6. The number of ether oxygens (including phenoxy) is 2. The number of benzene rings is 2. The van der Waals surface area contributed by atoms with E-state index < -0.39 is 6.04 Å². The van der Waals surface area contributed by atoms with Crippen LogP contribution in [0, 0.1) is 0 Å². The number of nitrogens with one attached hydrogen (secondary N) is 2. The van der Waals surface area contributed by atoms with Gasteiger partial charge in [-0.2, -0.15) is 0 Å². The maximum Gasteiger partial charge on any atom is 0.246 e. The number of carbonyl (C=O) groups excluding carboxylic acids is 1. The average molecular weight is 356 g/mol. The summed E-state index contributed by atoms with van der Waals surface area (Å²) in [7, 11) is 3.22. The number of methoxy groups -OCH3 is 2. The van der Waals surface area contributed by atoms with E-state index in [-0.39, 0.29) is 11.3 Å². The number of hydrogen-bond acceptors (Lipinski definition) is 4. The molecule has 2 aromatic carbocycles. The third-order valence-electron chi connectivity index (χ3n) is 4.17. The third kappa shape index (κ3) is 4.91. The summed E-state index contributed by atoms with van der Waals surface area (Å²) >= 11 is 0. The molecule has 140 valence electrons. The number of amides is 1. The van der Waals surface area contributed by atoms with E-state index in [2.05, 4.69) is 31.4 Å². The summed E-state index contributed by atoms with van der Waals surface area (Å²) in [5.41, 5.74) is 2.67. The number of hydrogen-bond donors (Lipinski definition) is 2. The first kappa shape index (κ1) is 19.6. The number of anilines is 2. The largest absolute Gasteiger partial charge is 0.497 e. The fourth-order valence-corrected chi connectivity index (χ4v) is 2.54. The van der Waals surface area contributed by atoms with Crippen LogP contribution in [0.25, 0.3) is 0 Å². The Morgan fingerprint density at radius 2 is 1.77 bits per heavy atom. The fourth-order valence-electron chi connectivity index (χ4n) is 2.54. The molecule has 0 aliphatic heterocycles. The van der Waals surface area contributed by atoms with Crippen molar-refractivity contribution in [3.8, 4) is 11.5 Å². The van der Waals surface area contributed by atoms with Crippen molar-refractivity contribution in [2.24, 2.45) is 0 Å². The summed E-state index contributed by atoms with van der Waals surface area (Å²) in [6.07, 6.45) is 0. The van der Waals surface area contributed by atoms with Gasteiger partial charge in [0.2, 0.25) is 5.91 Å². The maximum absolute atomic E-state index is 12.5. The molecular weight excluding hydrogens is 328 g/mol.